The van der Waals surface area contributed by atoms with E-state index in [1.807, 2.05) is 116 Å². The number of amides is 7. The van der Waals surface area contributed by atoms with Crippen LogP contribution < -0.4 is 21.7 Å². The fraction of sp³-hybridized carbons (Fsp3) is 0.650. The molecule has 0 spiro atoms. The minimum atomic E-state index is -1.15. The number of benzene rings is 2. The zero-order chi connectivity index (χ0) is 58.5. The molecular formula is C60H96N8O10. The normalized spacial score (nSPS) is 12.9. The maximum absolute atomic E-state index is 14.4. The summed E-state index contributed by atoms with van der Waals surface area (Å²) in [6.07, 6.45) is 2.52. The molecule has 0 bridgehead atoms. The van der Waals surface area contributed by atoms with Gasteiger partial charge in [0.05, 0.1) is 32.6 Å². The largest absolute Gasteiger partial charge is 0.481 e. The first-order valence-corrected chi connectivity index (χ1v) is 28.2. The number of hydrogen-bond acceptors (Lipinski definition) is 10. The number of carboxylic acids is 1. The Morgan fingerprint density at radius 1 is 0.436 bits per heavy atom. The van der Waals surface area contributed by atoms with E-state index in [0.717, 1.165) is 11.1 Å². The van der Waals surface area contributed by atoms with E-state index in [-0.39, 0.29) is 137 Å². The van der Waals surface area contributed by atoms with Crippen molar-refractivity contribution in [3.05, 3.63) is 71.8 Å². The van der Waals surface area contributed by atoms with Gasteiger partial charge in [-0.15, -0.1) is 0 Å². The predicted octanol–water partition coefficient (Wildman–Crippen LogP) is 6.03. The van der Waals surface area contributed by atoms with Gasteiger partial charge in [0.25, 0.3) is 0 Å². The number of hydrogen-bond donors (Lipinski definition) is 5. The van der Waals surface area contributed by atoms with Crippen LogP contribution in [-0.4, -0.2) is 154 Å². The molecule has 0 aliphatic rings. The molecule has 2 rings (SSSR count). The Kier molecular flexibility index (Phi) is 31.4. The monoisotopic (exact) mass is 1090 g/mol. The van der Waals surface area contributed by atoms with Gasteiger partial charge in [-0.25, -0.2) is 0 Å². The average molecular weight is 1090 g/mol. The summed E-state index contributed by atoms with van der Waals surface area (Å²) in [6.45, 7) is 20.0. The molecule has 4 atom stereocenters. The summed E-state index contributed by atoms with van der Waals surface area (Å²) >= 11 is 0. The van der Waals surface area contributed by atoms with E-state index in [1.54, 1.807) is 0 Å². The molecule has 2 aromatic rings. The highest BCUT2D eigenvalue weighted by Gasteiger charge is 2.30. The van der Waals surface area contributed by atoms with E-state index in [2.05, 4.69) is 29.8 Å². The summed E-state index contributed by atoms with van der Waals surface area (Å²) in [5.74, 6) is -3.83. The highest BCUT2D eigenvalue weighted by atomic mass is 16.4. The van der Waals surface area contributed by atoms with Crippen LogP contribution in [0.3, 0.4) is 0 Å². The first kappa shape index (κ1) is 67.9. The molecule has 0 heterocycles. The molecule has 18 nitrogen and oxygen atoms in total. The Bertz CT molecular complexity index is 2190. The molecular weight excluding hydrogens is 993 g/mol. The fourth-order valence-electron chi connectivity index (χ4n) is 9.59. The number of nitrogens with two attached hydrogens (primary N) is 1. The molecule has 18 heteroatoms. The molecule has 0 aliphatic carbocycles. The number of rotatable bonds is 38. The number of nitrogens with one attached hydrogen (secondary N) is 3. The minimum absolute atomic E-state index is 0.0172. The van der Waals surface area contributed by atoms with Crippen molar-refractivity contribution in [2.45, 2.75) is 171 Å². The summed E-state index contributed by atoms with van der Waals surface area (Å²) in [7, 11) is 0. The van der Waals surface area contributed by atoms with Gasteiger partial charge < -0.3 is 46.4 Å². The summed E-state index contributed by atoms with van der Waals surface area (Å²) in [6, 6.07) is 16.9. The van der Waals surface area contributed by atoms with E-state index in [9.17, 15) is 48.3 Å². The Balaban J connectivity index is 2.44. The van der Waals surface area contributed by atoms with Gasteiger partial charge in [0, 0.05) is 76.0 Å². The van der Waals surface area contributed by atoms with Gasteiger partial charge >= 0.3 is 5.97 Å². The molecule has 0 fully saturated rings. The molecule has 2 aromatic carbocycles. The van der Waals surface area contributed by atoms with Crippen LogP contribution in [0.15, 0.2) is 60.7 Å². The predicted molar refractivity (Wildman–Crippen MR) is 304 cm³/mol. The van der Waals surface area contributed by atoms with Crippen molar-refractivity contribution in [3.8, 4) is 0 Å². The van der Waals surface area contributed by atoms with Crippen molar-refractivity contribution in [1.82, 2.24) is 35.6 Å². The first-order chi connectivity index (χ1) is 36.7. The Labute approximate surface area is 465 Å². The molecule has 0 aliphatic heterocycles. The molecule has 0 saturated carbocycles. The van der Waals surface area contributed by atoms with Crippen molar-refractivity contribution < 1.29 is 48.3 Å². The van der Waals surface area contributed by atoms with Crippen LogP contribution in [0.2, 0.25) is 0 Å². The zero-order valence-corrected chi connectivity index (χ0v) is 48.9. The zero-order valence-electron chi connectivity index (χ0n) is 48.9. The summed E-state index contributed by atoms with van der Waals surface area (Å²) in [5, 5.41) is 18.4. The second-order valence-corrected chi connectivity index (χ2v) is 23.3. The Morgan fingerprint density at radius 2 is 0.769 bits per heavy atom. The Morgan fingerprint density at radius 3 is 1.10 bits per heavy atom. The van der Waals surface area contributed by atoms with E-state index in [1.165, 1.54) is 26.5 Å². The van der Waals surface area contributed by atoms with Gasteiger partial charge in [0.1, 0.15) is 5.78 Å². The minimum Gasteiger partial charge on any atom is -0.481 e. The molecule has 436 valence electrons. The lowest BCUT2D eigenvalue weighted by molar-refractivity contribution is -0.141. The molecule has 6 N–H and O–H groups in total. The highest BCUT2D eigenvalue weighted by molar-refractivity contribution is 5.88. The topological polar surface area (TPSA) is 249 Å². The number of Topliss-reactive ketones (excluding diaryl/α,β-unsaturated/α-hetero) is 1. The van der Waals surface area contributed by atoms with Crippen LogP contribution in [-0.2, 0) is 56.0 Å². The average Bonchev–Trinajstić information content (AvgIpc) is 3.32. The maximum Gasteiger partial charge on any atom is 0.303 e. The molecule has 0 saturated heterocycles. The summed E-state index contributed by atoms with van der Waals surface area (Å²) in [5.41, 5.74) is 8.44. The van der Waals surface area contributed by atoms with Crippen LogP contribution in [0.5, 0.6) is 0 Å². The number of carbonyl (C=O) groups excluding carboxylic acids is 8. The van der Waals surface area contributed by atoms with E-state index >= 15 is 0 Å². The lowest BCUT2D eigenvalue weighted by Crippen LogP contribution is -2.54. The van der Waals surface area contributed by atoms with E-state index < -0.39 is 54.1 Å². The first-order valence-electron chi connectivity index (χ1n) is 28.2. The third kappa shape index (κ3) is 30.1. The lowest BCUT2D eigenvalue weighted by atomic mass is 10.0. The van der Waals surface area contributed by atoms with Crippen LogP contribution >= 0.6 is 0 Å². The third-order valence-electron chi connectivity index (χ3n) is 12.8. The Hall–Kier alpha value is -6.17. The van der Waals surface area contributed by atoms with Gasteiger partial charge in [-0.1, -0.05) is 130 Å². The van der Waals surface area contributed by atoms with Crippen molar-refractivity contribution in [2.75, 3.05) is 52.4 Å². The van der Waals surface area contributed by atoms with Gasteiger partial charge in [-0.2, -0.15) is 0 Å². The molecule has 0 unspecified atom stereocenters. The smallest absolute Gasteiger partial charge is 0.303 e. The maximum atomic E-state index is 14.4. The molecule has 78 heavy (non-hydrogen) atoms. The summed E-state index contributed by atoms with van der Waals surface area (Å²) < 4.78 is 0. The highest BCUT2D eigenvalue weighted by Crippen LogP contribution is 2.16. The van der Waals surface area contributed by atoms with Crippen molar-refractivity contribution in [3.63, 3.8) is 0 Å². The third-order valence-corrected chi connectivity index (χ3v) is 12.8. The number of nitrogens with zero attached hydrogens (tertiary/aromatic N) is 4. The second-order valence-electron chi connectivity index (χ2n) is 23.3. The van der Waals surface area contributed by atoms with E-state index in [0.29, 0.717) is 38.5 Å². The van der Waals surface area contributed by atoms with Gasteiger partial charge in [-0.3, -0.25) is 43.2 Å². The van der Waals surface area contributed by atoms with Gasteiger partial charge in [0.15, 0.2) is 0 Å². The van der Waals surface area contributed by atoms with Crippen molar-refractivity contribution in [2.24, 2.45) is 35.3 Å². The number of carboxylic acid groups (broad SMARTS) is 1. The number of ketones is 1. The number of carbonyl (C=O) groups is 9. The second kappa shape index (κ2) is 36.1. The molecule has 0 aromatic heterocycles. The van der Waals surface area contributed by atoms with E-state index in [4.69, 9.17) is 5.73 Å². The fourth-order valence-corrected chi connectivity index (χ4v) is 9.59. The van der Waals surface area contributed by atoms with Crippen molar-refractivity contribution >= 4 is 53.1 Å². The van der Waals surface area contributed by atoms with Crippen molar-refractivity contribution in [1.29, 1.82) is 0 Å². The number of aliphatic carboxylic acids is 1. The quantitative estimate of drug-likeness (QED) is 0.0519. The van der Waals surface area contributed by atoms with Crippen LogP contribution in [0.4, 0.5) is 0 Å². The summed E-state index contributed by atoms with van der Waals surface area (Å²) in [4.78, 5) is 127. The SMILES string of the molecule is CC(=O)CN(C[C@H](CC(C)C)NC(=O)CN(C[C@H](CC(C)C)NC(=O)CN(C[C@H](CC(C)C)NC(=O)CN(C[C@@H](N)CC(C)C)C(=O)CCc1ccccc1)C(=O)CC(C)C)C(=O)CCc1ccccc1)C(=O)CCC(=O)O. The molecule has 0 radical (unpaired) electrons. The standard InChI is InChI=1S/C60H96N8O10/c1-41(2)28-49(61)34-66(56(73)24-22-47-18-14-12-15-19-47)38-53(70)64-52(31-44(7)8)37-68(59(76)32-45(9)10)40-55(72)63-51(30-43(5)6)36-67(57(74)25-23-48-20-16-13-17-21-48)39-54(71)62-50(29-42(3)4)35-65(33-46(11)69)58(75)26-27-60(77)78/h12-21,41-45,49-52H,22-40,61H2,1-11H3,(H,62,71)(H,63,72)(H,64,70)(H,77,78)/t49-,50-,51-,52-/m0/s1. The lowest BCUT2D eigenvalue weighted by Gasteiger charge is -2.33. The van der Waals surface area contributed by atoms with Crippen LogP contribution in [0.25, 0.3) is 0 Å². The molecule has 7 amide bonds. The number of aryl methyl sites for hydroxylation is 2. The van der Waals surface area contributed by atoms with Crippen LogP contribution in [0, 0.1) is 29.6 Å². The van der Waals surface area contributed by atoms with Crippen LogP contribution in [0.1, 0.15) is 145 Å². The van der Waals surface area contributed by atoms with Gasteiger partial charge in [0.2, 0.25) is 41.4 Å². The van der Waals surface area contributed by atoms with Gasteiger partial charge in [-0.05, 0) is 86.2 Å².